The lowest BCUT2D eigenvalue weighted by atomic mass is 9.98. The largest absolute Gasteiger partial charge is 0.445 e. The van der Waals surface area contributed by atoms with Gasteiger partial charge in [-0.1, -0.05) is 38.1 Å². The number of hydrogen-bond donors (Lipinski definition) is 3. The summed E-state index contributed by atoms with van der Waals surface area (Å²) in [5.74, 6) is -0.237. The first-order valence-corrected chi connectivity index (χ1v) is 10.00. The van der Waals surface area contributed by atoms with Crippen molar-refractivity contribution in [2.75, 3.05) is 6.54 Å². The third-order valence-corrected chi connectivity index (χ3v) is 5.27. The van der Waals surface area contributed by atoms with Crippen LogP contribution in [0.4, 0.5) is 4.79 Å². The van der Waals surface area contributed by atoms with Gasteiger partial charge < -0.3 is 10.1 Å². The number of hydrogen-bond acceptors (Lipinski definition) is 4. The van der Waals surface area contributed by atoms with Crippen molar-refractivity contribution in [1.29, 1.82) is 0 Å². The third kappa shape index (κ3) is 5.04. The summed E-state index contributed by atoms with van der Waals surface area (Å²) in [6.45, 7) is 4.45. The van der Waals surface area contributed by atoms with E-state index in [0.717, 1.165) is 15.8 Å². The molecule has 1 heterocycles. The third-order valence-electron chi connectivity index (χ3n) is 4.12. The highest BCUT2D eigenvalue weighted by Gasteiger charge is 2.36. The van der Waals surface area contributed by atoms with Crippen molar-refractivity contribution in [3.05, 3.63) is 35.4 Å². The zero-order valence-corrected chi connectivity index (χ0v) is 15.4. The van der Waals surface area contributed by atoms with Crippen LogP contribution in [-0.4, -0.2) is 29.3 Å². The topological polar surface area (TPSA) is 128 Å². The summed E-state index contributed by atoms with van der Waals surface area (Å²) >= 11 is 0. The van der Waals surface area contributed by atoms with Crippen LogP contribution in [0, 0.1) is 0 Å². The predicted octanol–water partition coefficient (Wildman–Crippen LogP) is 2.05. The number of rotatable bonds is 5. The van der Waals surface area contributed by atoms with Gasteiger partial charge in [-0.3, -0.25) is 25.0 Å². The van der Waals surface area contributed by atoms with Crippen molar-refractivity contribution in [2.45, 2.75) is 45.3 Å². The normalized spacial score (nSPS) is 18.4. The minimum atomic E-state index is -3.67. The first kappa shape index (κ1) is 19.4. The number of piperidine rings is 1. The second kappa shape index (κ2) is 7.99. The molecule has 0 aliphatic carbocycles. The molecule has 1 aliphatic rings. The maximum atomic E-state index is 12.2. The highest BCUT2D eigenvalue weighted by atomic mass is 31.2. The number of alkyl carbamates (subject to hydrolysis) is 1. The van der Waals surface area contributed by atoms with Crippen LogP contribution in [0.15, 0.2) is 24.3 Å². The summed E-state index contributed by atoms with van der Waals surface area (Å²) in [6.07, 6.45) is 0.265. The molecule has 138 valence electrons. The molecule has 1 aromatic carbocycles. The fourth-order valence-corrected chi connectivity index (χ4v) is 3.76. The zero-order valence-electron chi connectivity index (χ0n) is 14.5. The van der Waals surface area contributed by atoms with Crippen LogP contribution in [0.5, 0.6) is 0 Å². The maximum Gasteiger partial charge on any atom is 0.408 e. The van der Waals surface area contributed by atoms with Crippen molar-refractivity contribution < 1.29 is 18.9 Å². The average molecular weight is 368 g/mol. The summed E-state index contributed by atoms with van der Waals surface area (Å²) in [5.41, 5.74) is 12.7. The zero-order chi connectivity index (χ0) is 18.6. The monoisotopic (exact) mass is 368 g/mol. The fraction of sp³-hybridized carbons (Fsp3) is 0.500. The molecule has 0 radical (unpaired) electrons. The summed E-state index contributed by atoms with van der Waals surface area (Å²) in [5, 5.41) is 2.51. The molecule has 1 atom stereocenters. The number of nitrogens with zero attached hydrogens (tertiary/aromatic N) is 1. The van der Waals surface area contributed by atoms with Crippen LogP contribution >= 0.6 is 7.59 Å². The molecular weight excluding hydrogens is 343 g/mol. The molecule has 1 fully saturated rings. The Morgan fingerprint density at radius 1 is 1.40 bits per heavy atom. The molecule has 9 heteroatoms. The molecular formula is C16H25N4O4P. The molecule has 0 unspecified atom stereocenters. The summed E-state index contributed by atoms with van der Waals surface area (Å²) in [6, 6.07) is 6.87. The Bertz CT molecular complexity index is 688. The quantitative estimate of drug-likeness (QED) is 0.683. The van der Waals surface area contributed by atoms with E-state index in [9.17, 15) is 14.2 Å². The number of carbonyl (C=O) groups excluding carboxylic acids is 2. The fourth-order valence-electron chi connectivity index (χ4n) is 2.86. The second-order valence-electron chi connectivity index (χ2n) is 6.40. The molecule has 0 spiro atoms. The van der Waals surface area contributed by atoms with E-state index in [1.807, 2.05) is 24.3 Å². The van der Waals surface area contributed by atoms with Gasteiger partial charge >= 0.3 is 13.7 Å². The van der Waals surface area contributed by atoms with Crippen LogP contribution in [-0.2, 0) is 20.7 Å². The van der Waals surface area contributed by atoms with E-state index in [2.05, 4.69) is 19.2 Å². The van der Waals surface area contributed by atoms with Crippen LogP contribution in [0.2, 0.25) is 0 Å². The number of nitrogens with two attached hydrogens (primary N) is 2. The van der Waals surface area contributed by atoms with Gasteiger partial charge in [0.05, 0.1) is 0 Å². The van der Waals surface area contributed by atoms with E-state index in [0.29, 0.717) is 18.8 Å². The molecule has 5 N–H and O–H groups in total. The van der Waals surface area contributed by atoms with E-state index in [4.69, 9.17) is 15.7 Å². The number of carbonyl (C=O) groups is 2. The molecule has 25 heavy (non-hydrogen) atoms. The van der Waals surface area contributed by atoms with Crippen LogP contribution < -0.4 is 16.3 Å². The first-order valence-electron chi connectivity index (χ1n) is 8.20. The van der Waals surface area contributed by atoms with E-state index < -0.39 is 25.6 Å². The van der Waals surface area contributed by atoms with Crippen molar-refractivity contribution in [3.8, 4) is 0 Å². The summed E-state index contributed by atoms with van der Waals surface area (Å²) < 4.78 is 17.9. The van der Waals surface area contributed by atoms with E-state index in [1.54, 1.807) is 0 Å². The Morgan fingerprint density at radius 2 is 2.08 bits per heavy atom. The Labute approximate surface area is 147 Å². The van der Waals surface area contributed by atoms with Gasteiger partial charge in [-0.2, -0.15) is 0 Å². The molecule has 8 nitrogen and oxygen atoms in total. The van der Waals surface area contributed by atoms with Crippen LogP contribution in [0.25, 0.3) is 0 Å². The SMILES string of the molecule is CC(C)c1ccccc1COC(=O)N[C@H]1CCCN(P(N)(N)=O)C1=O. The molecule has 2 rings (SSSR count). The van der Waals surface area contributed by atoms with Gasteiger partial charge in [0, 0.05) is 6.54 Å². The molecule has 1 aromatic rings. The van der Waals surface area contributed by atoms with Gasteiger partial charge in [0.1, 0.15) is 12.6 Å². The number of amides is 2. The lowest BCUT2D eigenvalue weighted by molar-refractivity contribution is -0.130. The Morgan fingerprint density at radius 3 is 2.72 bits per heavy atom. The average Bonchev–Trinajstić information content (AvgIpc) is 2.54. The summed E-state index contributed by atoms with van der Waals surface area (Å²) in [4.78, 5) is 24.3. The Hall–Kier alpha value is -1.89. The second-order valence-corrected chi connectivity index (χ2v) is 8.23. The number of ether oxygens (including phenoxy) is 1. The van der Waals surface area contributed by atoms with E-state index in [1.165, 1.54) is 0 Å². The molecule has 1 saturated heterocycles. The van der Waals surface area contributed by atoms with Crippen molar-refractivity contribution in [2.24, 2.45) is 11.0 Å². The number of nitrogens with one attached hydrogen (secondary N) is 1. The van der Waals surface area contributed by atoms with E-state index >= 15 is 0 Å². The predicted molar refractivity (Wildman–Crippen MR) is 94.6 cm³/mol. The Balaban J connectivity index is 1.94. The highest BCUT2D eigenvalue weighted by molar-refractivity contribution is 7.57. The Kier molecular flexibility index (Phi) is 6.21. The standard InChI is InChI=1S/C16H25N4O4P/c1-11(2)13-7-4-3-6-12(13)10-24-16(22)19-14-8-5-9-20(15(14)21)25(17,18)23/h3-4,6-7,11,14H,5,8-10H2,1-2H3,(H,19,22)(H4,17,18,23)/t14-/m0/s1. The van der Waals surface area contributed by atoms with Crippen molar-refractivity contribution in [1.82, 2.24) is 9.99 Å². The lowest BCUT2D eigenvalue weighted by Gasteiger charge is -2.33. The van der Waals surface area contributed by atoms with Gasteiger partial charge in [0.2, 0.25) is 0 Å². The smallest absolute Gasteiger partial charge is 0.408 e. The van der Waals surface area contributed by atoms with Gasteiger partial charge in [-0.05, 0) is 29.9 Å². The van der Waals surface area contributed by atoms with Crippen LogP contribution in [0.1, 0.15) is 43.7 Å². The first-order chi connectivity index (χ1) is 11.7. The molecule has 1 aliphatic heterocycles. The minimum absolute atomic E-state index is 0.108. The van der Waals surface area contributed by atoms with Gasteiger partial charge in [-0.15, -0.1) is 0 Å². The van der Waals surface area contributed by atoms with Gasteiger partial charge in [0.15, 0.2) is 0 Å². The van der Waals surface area contributed by atoms with Crippen LogP contribution in [0.3, 0.4) is 0 Å². The molecule has 2 amide bonds. The lowest BCUT2D eigenvalue weighted by Crippen LogP contribution is -2.52. The van der Waals surface area contributed by atoms with Gasteiger partial charge in [0.25, 0.3) is 5.91 Å². The van der Waals surface area contributed by atoms with E-state index in [-0.39, 0.29) is 13.2 Å². The maximum absolute atomic E-state index is 12.2. The van der Waals surface area contributed by atoms with Crippen molar-refractivity contribution in [3.63, 3.8) is 0 Å². The molecule has 0 saturated carbocycles. The highest BCUT2D eigenvalue weighted by Crippen LogP contribution is 2.35. The van der Waals surface area contributed by atoms with Crippen molar-refractivity contribution >= 4 is 19.6 Å². The molecule has 0 aromatic heterocycles. The molecule has 0 bridgehead atoms. The minimum Gasteiger partial charge on any atom is -0.445 e. The number of benzene rings is 1. The van der Waals surface area contributed by atoms with Gasteiger partial charge in [-0.25, -0.2) is 4.79 Å². The summed E-state index contributed by atoms with van der Waals surface area (Å²) in [7, 11) is -3.67.